The fraction of sp³-hybridized carbons (Fsp3) is 0.500. The molecule has 0 amide bonds. The Morgan fingerprint density at radius 1 is 1.33 bits per heavy atom. The fourth-order valence-electron chi connectivity index (χ4n) is 2.00. The van der Waals surface area contributed by atoms with Crippen LogP contribution in [0.3, 0.4) is 0 Å². The zero-order valence-corrected chi connectivity index (χ0v) is 14.1. The van der Waals surface area contributed by atoms with Crippen molar-refractivity contribution < 1.29 is 4.39 Å². The minimum atomic E-state index is -0.295. The molecule has 0 radical (unpaired) electrons. The van der Waals surface area contributed by atoms with Crippen LogP contribution in [0.15, 0.2) is 16.6 Å². The van der Waals surface area contributed by atoms with Gasteiger partial charge in [-0.1, -0.05) is 13.8 Å². The second-order valence-corrected chi connectivity index (χ2v) is 6.38. The second-order valence-electron chi connectivity index (χ2n) is 5.53. The van der Waals surface area contributed by atoms with Crippen LogP contribution in [0.2, 0.25) is 0 Å². The average molecular weight is 356 g/mol. The van der Waals surface area contributed by atoms with Gasteiger partial charge >= 0.3 is 0 Å². The molecule has 1 N–H and O–H groups in total. The smallest absolute Gasteiger partial charge is 0.173 e. The van der Waals surface area contributed by atoms with Gasteiger partial charge in [0.15, 0.2) is 5.82 Å². The first-order valence-corrected chi connectivity index (χ1v) is 7.67. The third-order valence-electron chi connectivity index (χ3n) is 3.18. The molecule has 0 aliphatic carbocycles. The maximum Gasteiger partial charge on any atom is 0.173 e. The highest BCUT2D eigenvalue weighted by molar-refractivity contribution is 9.10. The molecule has 7 heteroatoms. The van der Waals surface area contributed by atoms with Gasteiger partial charge in [0.2, 0.25) is 0 Å². The van der Waals surface area contributed by atoms with E-state index in [1.165, 1.54) is 6.07 Å². The maximum absolute atomic E-state index is 13.5. The van der Waals surface area contributed by atoms with E-state index in [4.69, 9.17) is 0 Å². The number of tetrazole rings is 1. The van der Waals surface area contributed by atoms with Crippen molar-refractivity contribution in [3.8, 4) is 5.69 Å². The molecule has 1 aromatic heterocycles. The van der Waals surface area contributed by atoms with Gasteiger partial charge in [-0.25, -0.2) is 4.39 Å². The number of rotatable bonds is 5. The third-order valence-corrected chi connectivity index (χ3v) is 3.79. The van der Waals surface area contributed by atoms with E-state index in [0.29, 0.717) is 16.2 Å². The summed E-state index contributed by atoms with van der Waals surface area (Å²) in [6.45, 7) is 9.01. The van der Waals surface area contributed by atoms with Gasteiger partial charge in [0.1, 0.15) is 5.82 Å². The van der Waals surface area contributed by atoms with Crippen LogP contribution >= 0.6 is 15.9 Å². The van der Waals surface area contributed by atoms with E-state index in [-0.39, 0.29) is 11.9 Å². The Bertz CT molecular complexity index is 626. The molecule has 21 heavy (non-hydrogen) atoms. The minimum Gasteiger partial charge on any atom is -0.307 e. The van der Waals surface area contributed by atoms with E-state index in [1.807, 2.05) is 13.8 Å². The largest absolute Gasteiger partial charge is 0.307 e. The van der Waals surface area contributed by atoms with E-state index in [0.717, 1.165) is 17.8 Å². The van der Waals surface area contributed by atoms with Gasteiger partial charge in [0.25, 0.3) is 0 Å². The van der Waals surface area contributed by atoms with Crippen LogP contribution in [0.1, 0.15) is 38.2 Å². The normalized spacial score (nSPS) is 12.9. The Morgan fingerprint density at radius 2 is 2.05 bits per heavy atom. The van der Waals surface area contributed by atoms with E-state index in [1.54, 1.807) is 10.7 Å². The zero-order valence-electron chi connectivity index (χ0n) is 12.6. The quantitative estimate of drug-likeness (QED) is 0.894. The molecule has 1 atom stereocenters. The zero-order chi connectivity index (χ0) is 15.6. The molecule has 1 heterocycles. The molecule has 2 aromatic rings. The van der Waals surface area contributed by atoms with Crippen LogP contribution in [0.4, 0.5) is 4.39 Å². The highest BCUT2D eigenvalue weighted by atomic mass is 79.9. The number of benzene rings is 1. The molecular weight excluding hydrogens is 337 g/mol. The third kappa shape index (κ3) is 3.65. The maximum atomic E-state index is 13.5. The molecule has 0 bridgehead atoms. The molecule has 114 valence electrons. The standard InChI is InChI=1S/C14H19BrFN5/c1-8(2)7-17-10(4)14-18-19-20-21(14)13-6-11(15)12(16)5-9(13)3/h5-6,8,10,17H,7H2,1-4H3. The number of aryl methyl sites for hydroxylation is 1. The Hall–Kier alpha value is -1.34. The molecule has 0 aliphatic rings. The van der Waals surface area contributed by atoms with E-state index < -0.39 is 0 Å². The number of hydrogen-bond donors (Lipinski definition) is 1. The van der Waals surface area contributed by atoms with E-state index >= 15 is 0 Å². The molecule has 5 nitrogen and oxygen atoms in total. The van der Waals surface area contributed by atoms with Gasteiger partial charge in [-0.3, -0.25) is 0 Å². The Kier molecular flexibility index (Phi) is 5.05. The highest BCUT2D eigenvalue weighted by Gasteiger charge is 2.18. The summed E-state index contributed by atoms with van der Waals surface area (Å²) in [5.74, 6) is 0.951. The van der Waals surface area contributed by atoms with E-state index in [9.17, 15) is 4.39 Å². The minimum absolute atomic E-state index is 0.00521. The Labute approximate surface area is 132 Å². The number of aromatic nitrogens is 4. The molecule has 0 aliphatic heterocycles. The molecule has 0 saturated carbocycles. The van der Waals surface area contributed by atoms with E-state index in [2.05, 4.69) is 50.6 Å². The van der Waals surface area contributed by atoms with Gasteiger partial charge in [0.05, 0.1) is 16.2 Å². The lowest BCUT2D eigenvalue weighted by Crippen LogP contribution is -2.26. The molecule has 2 rings (SSSR count). The van der Waals surface area contributed by atoms with Crippen molar-refractivity contribution >= 4 is 15.9 Å². The number of nitrogens with one attached hydrogen (secondary N) is 1. The number of hydrogen-bond acceptors (Lipinski definition) is 4. The molecule has 1 unspecified atom stereocenters. The van der Waals surface area contributed by atoms with Crippen molar-refractivity contribution in [3.05, 3.63) is 33.8 Å². The second kappa shape index (κ2) is 6.62. The van der Waals surface area contributed by atoms with Gasteiger partial charge in [-0.15, -0.1) is 5.10 Å². The average Bonchev–Trinajstić information content (AvgIpc) is 2.89. The molecule has 0 fully saturated rings. The van der Waals surface area contributed by atoms with Crippen LogP contribution in [0.5, 0.6) is 0 Å². The van der Waals surface area contributed by atoms with Gasteiger partial charge in [0, 0.05) is 0 Å². The summed E-state index contributed by atoms with van der Waals surface area (Å²) >= 11 is 3.20. The van der Waals surface area contributed by atoms with Crippen LogP contribution in [-0.4, -0.2) is 26.8 Å². The predicted molar refractivity (Wildman–Crippen MR) is 82.8 cm³/mol. The summed E-state index contributed by atoms with van der Waals surface area (Å²) in [7, 11) is 0. The number of nitrogens with zero attached hydrogens (tertiary/aromatic N) is 4. The molecule has 0 saturated heterocycles. The van der Waals surface area contributed by atoms with Gasteiger partial charge in [-0.05, 0) is 70.4 Å². The first-order chi connectivity index (χ1) is 9.90. The molecule has 1 aromatic carbocycles. The summed E-state index contributed by atoms with van der Waals surface area (Å²) in [6.07, 6.45) is 0. The summed E-state index contributed by atoms with van der Waals surface area (Å²) in [4.78, 5) is 0. The first kappa shape index (κ1) is 16.0. The summed E-state index contributed by atoms with van der Waals surface area (Å²) in [5.41, 5.74) is 1.54. The van der Waals surface area contributed by atoms with Crippen LogP contribution in [0, 0.1) is 18.7 Å². The Balaban J connectivity index is 2.34. The molecule has 0 spiro atoms. The topological polar surface area (TPSA) is 55.6 Å². The van der Waals surface area contributed by atoms with Crippen molar-refractivity contribution in [3.63, 3.8) is 0 Å². The summed E-state index contributed by atoms with van der Waals surface area (Å²) in [6, 6.07) is 3.17. The molecular formula is C14H19BrFN5. The lowest BCUT2D eigenvalue weighted by atomic mass is 10.2. The highest BCUT2D eigenvalue weighted by Crippen LogP contribution is 2.24. The van der Waals surface area contributed by atoms with Crippen molar-refractivity contribution in [2.24, 2.45) is 5.92 Å². The van der Waals surface area contributed by atoms with Crippen molar-refractivity contribution in [1.29, 1.82) is 0 Å². The van der Waals surface area contributed by atoms with Crippen molar-refractivity contribution in [2.75, 3.05) is 6.54 Å². The number of halogens is 2. The van der Waals surface area contributed by atoms with Crippen molar-refractivity contribution in [2.45, 2.75) is 33.7 Å². The predicted octanol–water partition coefficient (Wildman–Crippen LogP) is 3.18. The fourth-order valence-corrected chi connectivity index (χ4v) is 2.33. The summed E-state index contributed by atoms with van der Waals surface area (Å²) in [5, 5.41) is 15.3. The lowest BCUT2D eigenvalue weighted by Gasteiger charge is -2.16. The van der Waals surface area contributed by atoms with Crippen LogP contribution < -0.4 is 5.32 Å². The van der Waals surface area contributed by atoms with Crippen LogP contribution in [-0.2, 0) is 0 Å². The Morgan fingerprint density at radius 3 is 2.71 bits per heavy atom. The van der Waals surface area contributed by atoms with Crippen LogP contribution in [0.25, 0.3) is 5.69 Å². The monoisotopic (exact) mass is 355 g/mol. The van der Waals surface area contributed by atoms with Gasteiger partial charge < -0.3 is 5.32 Å². The SMILES string of the molecule is Cc1cc(F)c(Br)cc1-n1nnnc1C(C)NCC(C)C. The summed E-state index contributed by atoms with van der Waals surface area (Å²) < 4.78 is 15.6. The van der Waals surface area contributed by atoms with Crippen molar-refractivity contribution in [1.82, 2.24) is 25.5 Å². The lowest BCUT2D eigenvalue weighted by molar-refractivity contribution is 0.474. The van der Waals surface area contributed by atoms with Gasteiger partial charge in [-0.2, -0.15) is 4.68 Å². The first-order valence-electron chi connectivity index (χ1n) is 6.87.